The number of rotatable bonds is 10. The van der Waals surface area contributed by atoms with Gasteiger partial charge in [-0.1, -0.05) is 49.4 Å². The number of aliphatic hydroxyl groups is 1. The van der Waals surface area contributed by atoms with Gasteiger partial charge >= 0.3 is 0 Å². The minimum absolute atomic E-state index is 0.233. The number of aryl methyl sites for hydroxylation is 1. The van der Waals surface area contributed by atoms with Crippen LogP contribution in [0.25, 0.3) is 0 Å². The Morgan fingerprint density at radius 1 is 1.13 bits per heavy atom. The lowest BCUT2D eigenvalue weighted by atomic mass is 9.86. The molecule has 2 N–H and O–H groups in total. The number of hydrogen-bond acceptors (Lipinski definition) is 6. The molecule has 0 bridgehead atoms. The van der Waals surface area contributed by atoms with Gasteiger partial charge in [0.05, 0.1) is 42.1 Å². The number of amides is 2. The Balaban J connectivity index is 1.75. The van der Waals surface area contributed by atoms with E-state index in [1.165, 1.54) is 11.0 Å². The van der Waals surface area contributed by atoms with Crippen LogP contribution in [0.1, 0.15) is 37.1 Å². The van der Waals surface area contributed by atoms with E-state index < -0.39 is 24.0 Å². The predicted molar refractivity (Wildman–Crippen MR) is 152 cm³/mol. The highest BCUT2D eigenvalue weighted by Crippen LogP contribution is 2.30. The van der Waals surface area contributed by atoms with Crippen molar-refractivity contribution in [3.63, 3.8) is 0 Å². The van der Waals surface area contributed by atoms with Crippen molar-refractivity contribution in [2.45, 2.75) is 32.7 Å². The van der Waals surface area contributed by atoms with Gasteiger partial charge in [-0.05, 0) is 49.2 Å². The predicted octanol–water partition coefficient (Wildman–Crippen LogP) is 3.98. The van der Waals surface area contributed by atoms with Crippen LogP contribution in [0.15, 0.2) is 90.6 Å². The number of aliphatic imine (C=N–C) groups is 1. The molecule has 2 atom stereocenters. The third kappa shape index (κ3) is 6.02. The van der Waals surface area contributed by atoms with E-state index in [9.17, 15) is 19.5 Å². The molecular weight excluding hydrogens is 492 g/mol. The van der Waals surface area contributed by atoms with E-state index in [1.54, 1.807) is 43.5 Å². The average molecular weight is 525 g/mol. The average Bonchev–Trinajstić information content (AvgIpc) is 3.08. The number of aromatic nitrogens is 1. The summed E-state index contributed by atoms with van der Waals surface area (Å²) < 4.78 is 0. The number of benzene rings is 2. The second kappa shape index (κ2) is 12.0. The van der Waals surface area contributed by atoms with Gasteiger partial charge in [0, 0.05) is 17.4 Å². The molecule has 3 aromatic rings. The summed E-state index contributed by atoms with van der Waals surface area (Å²) in [6.45, 7) is 6.52. The van der Waals surface area contributed by atoms with Crippen molar-refractivity contribution in [1.29, 1.82) is 0 Å². The van der Waals surface area contributed by atoms with Crippen molar-refractivity contribution >= 4 is 34.7 Å². The van der Waals surface area contributed by atoms with Crippen LogP contribution in [0.2, 0.25) is 0 Å². The van der Waals surface area contributed by atoms with E-state index in [2.05, 4.69) is 16.9 Å². The first-order valence-corrected chi connectivity index (χ1v) is 12.9. The summed E-state index contributed by atoms with van der Waals surface area (Å²) in [5, 5.41) is 12.7. The molecule has 0 aliphatic carbocycles. The van der Waals surface area contributed by atoms with Gasteiger partial charge in [0.15, 0.2) is 5.78 Å². The maximum absolute atomic E-state index is 14.0. The summed E-state index contributed by atoms with van der Waals surface area (Å²) in [6.07, 6.45) is 3.60. The van der Waals surface area contributed by atoms with Crippen LogP contribution in [0.5, 0.6) is 0 Å². The number of Topliss-reactive ketones (excluding diaryl/α,β-unsaturated/α-hetero) is 1. The SMILES string of the molecule is C=C[C@](C)(CO)C(=O)CN1C(=O)[C@H](CC(=O)Nc2cccc(CC)c2)N=C(c2ccccn2)c2ccccc21. The number of para-hydroxylation sites is 1. The van der Waals surface area contributed by atoms with Crippen molar-refractivity contribution < 1.29 is 19.5 Å². The molecule has 0 unspecified atom stereocenters. The third-order valence-electron chi connectivity index (χ3n) is 6.91. The largest absolute Gasteiger partial charge is 0.395 e. The number of fused-ring (bicyclic) bond motifs is 1. The monoisotopic (exact) mass is 524 g/mol. The first kappa shape index (κ1) is 27.6. The number of anilines is 2. The maximum atomic E-state index is 14.0. The lowest BCUT2D eigenvalue weighted by Gasteiger charge is -2.29. The van der Waals surface area contributed by atoms with E-state index in [4.69, 9.17) is 4.99 Å². The second-order valence-corrected chi connectivity index (χ2v) is 9.66. The number of carbonyl (C=O) groups is 3. The van der Waals surface area contributed by atoms with E-state index in [1.807, 2.05) is 43.3 Å². The van der Waals surface area contributed by atoms with Gasteiger partial charge < -0.3 is 15.3 Å². The van der Waals surface area contributed by atoms with Crippen molar-refractivity contribution in [3.8, 4) is 0 Å². The molecule has 0 radical (unpaired) electrons. The quantitative estimate of drug-likeness (QED) is 0.390. The molecule has 1 aromatic heterocycles. The van der Waals surface area contributed by atoms with Gasteiger partial charge in [0.25, 0.3) is 5.91 Å². The summed E-state index contributed by atoms with van der Waals surface area (Å²) in [6, 6.07) is 18.9. The molecule has 8 nitrogen and oxygen atoms in total. The molecule has 1 aliphatic heterocycles. The summed E-state index contributed by atoms with van der Waals surface area (Å²) in [7, 11) is 0. The van der Waals surface area contributed by atoms with Crippen molar-refractivity contribution in [3.05, 3.63) is 102 Å². The molecule has 4 rings (SSSR count). The normalized spacial score (nSPS) is 16.4. The maximum Gasteiger partial charge on any atom is 0.252 e. The first-order valence-electron chi connectivity index (χ1n) is 12.9. The standard InChI is InChI=1S/C31H32N4O4/c1-4-21-11-10-12-22(17-21)33-28(38)18-25-30(39)35(19-27(37)31(3,5-2)20-36)26-15-7-6-13-23(26)29(34-25)24-14-8-9-16-32-24/h5-17,25,36H,2,4,18-20H2,1,3H3,(H,33,38)/t25-,31+/m0/s1. The van der Waals surface area contributed by atoms with Crippen LogP contribution in [-0.4, -0.2) is 52.6 Å². The minimum atomic E-state index is -1.23. The van der Waals surface area contributed by atoms with Crippen LogP contribution in [0.4, 0.5) is 11.4 Å². The van der Waals surface area contributed by atoms with Gasteiger partial charge in [-0.25, -0.2) is 0 Å². The zero-order valence-corrected chi connectivity index (χ0v) is 22.1. The summed E-state index contributed by atoms with van der Waals surface area (Å²) in [4.78, 5) is 51.0. The Morgan fingerprint density at radius 3 is 2.59 bits per heavy atom. The third-order valence-corrected chi connectivity index (χ3v) is 6.91. The fourth-order valence-corrected chi connectivity index (χ4v) is 4.34. The Bertz CT molecular complexity index is 1420. The molecule has 0 spiro atoms. The highest BCUT2D eigenvalue weighted by Gasteiger charge is 2.38. The highest BCUT2D eigenvalue weighted by atomic mass is 16.3. The highest BCUT2D eigenvalue weighted by molar-refractivity contribution is 6.20. The molecule has 8 heteroatoms. The number of aliphatic hydroxyl groups excluding tert-OH is 1. The number of hydrogen-bond donors (Lipinski definition) is 2. The van der Waals surface area contributed by atoms with Crippen LogP contribution in [0.3, 0.4) is 0 Å². The van der Waals surface area contributed by atoms with Gasteiger partial charge in [-0.2, -0.15) is 0 Å². The number of nitrogens with zero attached hydrogens (tertiary/aromatic N) is 3. The number of pyridine rings is 1. The van der Waals surface area contributed by atoms with E-state index in [0.717, 1.165) is 12.0 Å². The molecule has 2 aromatic carbocycles. The molecular formula is C31H32N4O4. The molecule has 2 amide bonds. The molecule has 39 heavy (non-hydrogen) atoms. The molecule has 0 fully saturated rings. The second-order valence-electron chi connectivity index (χ2n) is 9.66. The van der Waals surface area contributed by atoms with Crippen LogP contribution >= 0.6 is 0 Å². The molecule has 1 aliphatic rings. The molecule has 0 saturated carbocycles. The zero-order chi connectivity index (χ0) is 28.0. The van der Waals surface area contributed by atoms with Gasteiger partial charge in [-0.3, -0.25) is 24.4 Å². The number of ketones is 1. The zero-order valence-electron chi connectivity index (χ0n) is 22.1. The van der Waals surface area contributed by atoms with Crippen LogP contribution in [0, 0.1) is 5.41 Å². The minimum Gasteiger partial charge on any atom is -0.395 e. The summed E-state index contributed by atoms with van der Waals surface area (Å²) >= 11 is 0. The van der Waals surface area contributed by atoms with E-state index >= 15 is 0 Å². The fraction of sp³-hybridized carbons (Fsp3) is 0.258. The van der Waals surface area contributed by atoms with Crippen molar-refractivity contribution in [2.24, 2.45) is 10.4 Å². The first-order chi connectivity index (χ1) is 18.8. The Labute approximate surface area is 228 Å². The van der Waals surface area contributed by atoms with Gasteiger partial charge in [0.2, 0.25) is 5.91 Å². The van der Waals surface area contributed by atoms with E-state index in [0.29, 0.717) is 28.3 Å². The van der Waals surface area contributed by atoms with Crippen LogP contribution in [-0.2, 0) is 20.8 Å². The Morgan fingerprint density at radius 2 is 1.90 bits per heavy atom. The number of carbonyl (C=O) groups excluding carboxylic acids is 3. The number of benzodiazepines with no additional fused rings is 1. The summed E-state index contributed by atoms with van der Waals surface area (Å²) in [5.74, 6) is -1.26. The lowest BCUT2D eigenvalue weighted by Crippen LogP contribution is -2.46. The molecule has 200 valence electrons. The van der Waals surface area contributed by atoms with Crippen molar-refractivity contribution in [1.82, 2.24) is 4.98 Å². The lowest BCUT2D eigenvalue weighted by molar-refractivity contribution is -0.128. The van der Waals surface area contributed by atoms with Gasteiger partial charge in [-0.15, -0.1) is 6.58 Å². The van der Waals surface area contributed by atoms with E-state index in [-0.39, 0.29) is 24.7 Å². The molecule has 0 saturated heterocycles. The molecule has 2 heterocycles. The van der Waals surface area contributed by atoms with Crippen molar-refractivity contribution in [2.75, 3.05) is 23.4 Å². The Kier molecular flexibility index (Phi) is 8.46. The topological polar surface area (TPSA) is 112 Å². The Hall–Kier alpha value is -4.43. The summed E-state index contributed by atoms with van der Waals surface area (Å²) in [5.41, 5.74) is 2.55. The van der Waals surface area contributed by atoms with Gasteiger partial charge in [0.1, 0.15) is 6.04 Å². The van der Waals surface area contributed by atoms with Crippen LogP contribution < -0.4 is 10.2 Å². The number of nitrogens with one attached hydrogen (secondary N) is 1. The fourth-order valence-electron chi connectivity index (χ4n) is 4.34. The smallest absolute Gasteiger partial charge is 0.252 e.